The van der Waals surface area contributed by atoms with Crippen LogP contribution in [0.1, 0.15) is 15.9 Å². The number of hydrogen-bond donors (Lipinski definition) is 1. The number of nitrogens with zero attached hydrogens (tertiary/aromatic N) is 3. The standard InChI is InChI=1S/C21H16N4O2S/c26-20(17-1-3-18(4-2-17)27-21-24-11-12-28-21)25-14-15-5-10-23-19(13-15)16-6-8-22-9-7-16/h1-13H,14H2,(H,25,26). The fourth-order valence-electron chi connectivity index (χ4n) is 2.59. The average Bonchev–Trinajstić information content (AvgIpc) is 3.26. The van der Waals surface area contributed by atoms with Crippen LogP contribution in [0.15, 0.2) is 78.7 Å². The number of pyridine rings is 2. The van der Waals surface area contributed by atoms with E-state index < -0.39 is 0 Å². The summed E-state index contributed by atoms with van der Waals surface area (Å²) in [7, 11) is 0. The van der Waals surface area contributed by atoms with Gasteiger partial charge >= 0.3 is 0 Å². The van der Waals surface area contributed by atoms with Crippen LogP contribution in [0.2, 0.25) is 0 Å². The molecule has 0 saturated heterocycles. The number of benzene rings is 1. The van der Waals surface area contributed by atoms with Crippen LogP contribution in [0.4, 0.5) is 0 Å². The fraction of sp³-hybridized carbons (Fsp3) is 0.0476. The smallest absolute Gasteiger partial charge is 0.278 e. The monoisotopic (exact) mass is 388 g/mol. The van der Waals surface area contributed by atoms with E-state index >= 15 is 0 Å². The Bertz CT molecular complexity index is 1050. The van der Waals surface area contributed by atoms with Crippen LogP contribution in [-0.4, -0.2) is 20.9 Å². The topological polar surface area (TPSA) is 77.0 Å². The lowest BCUT2D eigenvalue weighted by Crippen LogP contribution is -2.22. The molecule has 138 valence electrons. The van der Waals surface area contributed by atoms with Crippen molar-refractivity contribution in [2.45, 2.75) is 6.54 Å². The molecule has 28 heavy (non-hydrogen) atoms. The lowest BCUT2D eigenvalue weighted by atomic mass is 10.1. The first-order valence-electron chi connectivity index (χ1n) is 8.59. The zero-order valence-corrected chi connectivity index (χ0v) is 15.6. The van der Waals surface area contributed by atoms with Gasteiger partial charge in [-0.2, -0.15) is 0 Å². The summed E-state index contributed by atoms with van der Waals surface area (Å²) < 4.78 is 5.60. The van der Waals surface area contributed by atoms with Gasteiger partial charge < -0.3 is 10.1 Å². The molecule has 0 atom stereocenters. The van der Waals surface area contributed by atoms with E-state index in [2.05, 4.69) is 20.3 Å². The normalized spacial score (nSPS) is 10.4. The Kier molecular flexibility index (Phi) is 5.35. The highest BCUT2D eigenvalue weighted by Crippen LogP contribution is 2.23. The Hall–Kier alpha value is -3.58. The van der Waals surface area contributed by atoms with Gasteiger partial charge in [-0.15, -0.1) is 0 Å². The molecule has 0 aliphatic rings. The third-order valence-corrected chi connectivity index (χ3v) is 4.63. The molecule has 0 fully saturated rings. The van der Waals surface area contributed by atoms with E-state index in [9.17, 15) is 4.79 Å². The van der Waals surface area contributed by atoms with Crippen molar-refractivity contribution >= 4 is 17.2 Å². The highest BCUT2D eigenvalue weighted by Gasteiger charge is 2.07. The van der Waals surface area contributed by atoms with Gasteiger partial charge in [0.15, 0.2) is 0 Å². The van der Waals surface area contributed by atoms with Gasteiger partial charge in [-0.3, -0.25) is 14.8 Å². The summed E-state index contributed by atoms with van der Waals surface area (Å²) in [6.07, 6.45) is 6.88. The Morgan fingerprint density at radius 1 is 0.964 bits per heavy atom. The molecular weight excluding hydrogens is 372 g/mol. The first kappa shape index (κ1) is 17.8. The predicted octanol–water partition coefficient (Wildman–Crippen LogP) is 4.32. The van der Waals surface area contributed by atoms with Crippen molar-refractivity contribution in [3.05, 3.63) is 89.8 Å². The van der Waals surface area contributed by atoms with Crippen molar-refractivity contribution in [2.24, 2.45) is 0 Å². The van der Waals surface area contributed by atoms with Crippen molar-refractivity contribution in [1.82, 2.24) is 20.3 Å². The quantitative estimate of drug-likeness (QED) is 0.532. The van der Waals surface area contributed by atoms with Gasteiger partial charge in [0.2, 0.25) is 0 Å². The molecule has 1 amide bonds. The van der Waals surface area contributed by atoms with Gasteiger partial charge in [0.25, 0.3) is 11.1 Å². The van der Waals surface area contributed by atoms with Crippen LogP contribution in [0.25, 0.3) is 11.3 Å². The zero-order chi connectivity index (χ0) is 19.2. The van der Waals surface area contributed by atoms with Crippen LogP contribution in [-0.2, 0) is 6.54 Å². The van der Waals surface area contributed by atoms with Gasteiger partial charge in [0, 0.05) is 47.8 Å². The van der Waals surface area contributed by atoms with Crippen LogP contribution >= 0.6 is 11.3 Å². The predicted molar refractivity (Wildman–Crippen MR) is 107 cm³/mol. The summed E-state index contributed by atoms with van der Waals surface area (Å²) in [6, 6.07) is 14.6. The van der Waals surface area contributed by atoms with Gasteiger partial charge in [0.05, 0.1) is 5.69 Å². The number of thiazole rings is 1. The highest BCUT2D eigenvalue weighted by molar-refractivity contribution is 7.11. The van der Waals surface area contributed by atoms with E-state index in [1.165, 1.54) is 11.3 Å². The molecule has 1 aromatic carbocycles. The first-order valence-corrected chi connectivity index (χ1v) is 9.47. The number of nitrogens with one attached hydrogen (secondary N) is 1. The van der Waals surface area contributed by atoms with Gasteiger partial charge in [0.1, 0.15) is 5.75 Å². The zero-order valence-electron chi connectivity index (χ0n) is 14.8. The maximum absolute atomic E-state index is 12.4. The molecule has 0 aliphatic heterocycles. The fourth-order valence-corrected chi connectivity index (χ4v) is 3.09. The molecule has 0 spiro atoms. The maximum Gasteiger partial charge on any atom is 0.278 e. The molecule has 0 aliphatic carbocycles. The highest BCUT2D eigenvalue weighted by atomic mass is 32.1. The largest absolute Gasteiger partial charge is 0.431 e. The second kappa shape index (κ2) is 8.41. The Labute approximate surface area is 165 Å². The summed E-state index contributed by atoms with van der Waals surface area (Å²) in [5.41, 5.74) is 3.37. The molecule has 0 radical (unpaired) electrons. The maximum atomic E-state index is 12.4. The molecule has 1 N–H and O–H groups in total. The number of carbonyl (C=O) groups excluding carboxylic acids is 1. The molecule has 0 unspecified atom stereocenters. The number of hydrogen-bond acceptors (Lipinski definition) is 6. The minimum atomic E-state index is -0.150. The Morgan fingerprint density at radius 3 is 2.54 bits per heavy atom. The molecule has 4 aromatic rings. The summed E-state index contributed by atoms with van der Waals surface area (Å²) in [5, 5.41) is 5.34. The van der Waals surface area contributed by atoms with Crippen LogP contribution in [0.3, 0.4) is 0 Å². The van der Waals surface area contributed by atoms with Crippen molar-refractivity contribution in [2.75, 3.05) is 0 Å². The molecule has 0 saturated carbocycles. The lowest BCUT2D eigenvalue weighted by molar-refractivity contribution is 0.0951. The van der Waals surface area contributed by atoms with Crippen molar-refractivity contribution in [3.8, 4) is 22.2 Å². The second-order valence-electron chi connectivity index (χ2n) is 5.89. The SMILES string of the molecule is O=C(NCc1ccnc(-c2ccncc2)c1)c1ccc(Oc2nccs2)cc1. The Balaban J connectivity index is 1.38. The van der Waals surface area contributed by atoms with E-state index in [-0.39, 0.29) is 5.91 Å². The molecule has 3 aromatic heterocycles. The number of amides is 1. The number of aromatic nitrogens is 3. The van der Waals surface area contributed by atoms with E-state index in [4.69, 9.17) is 4.74 Å². The van der Waals surface area contributed by atoms with E-state index in [0.29, 0.717) is 23.1 Å². The average molecular weight is 388 g/mol. The molecular formula is C21H16N4O2S. The van der Waals surface area contributed by atoms with Crippen LogP contribution in [0.5, 0.6) is 10.9 Å². The third kappa shape index (κ3) is 4.39. The summed E-state index contributed by atoms with van der Waals surface area (Å²) in [5.74, 6) is 0.491. The third-order valence-electron chi connectivity index (χ3n) is 3.98. The Morgan fingerprint density at radius 2 is 1.79 bits per heavy atom. The molecule has 6 nitrogen and oxygen atoms in total. The summed E-state index contributed by atoms with van der Waals surface area (Å²) in [4.78, 5) is 24.9. The second-order valence-corrected chi connectivity index (χ2v) is 6.75. The number of ether oxygens (including phenoxy) is 1. The summed E-state index contributed by atoms with van der Waals surface area (Å²) in [6.45, 7) is 0.413. The summed E-state index contributed by atoms with van der Waals surface area (Å²) >= 11 is 1.41. The number of rotatable bonds is 6. The van der Waals surface area contributed by atoms with Gasteiger partial charge in [-0.25, -0.2) is 4.98 Å². The minimum absolute atomic E-state index is 0.150. The molecule has 4 rings (SSSR count). The molecule has 7 heteroatoms. The minimum Gasteiger partial charge on any atom is -0.431 e. The number of carbonyl (C=O) groups is 1. The van der Waals surface area contributed by atoms with Crippen molar-refractivity contribution in [3.63, 3.8) is 0 Å². The lowest BCUT2D eigenvalue weighted by Gasteiger charge is -2.08. The van der Waals surface area contributed by atoms with Crippen molar-refractivity contribution in [1.29, 1.82) is 0 Å². The molecule has 3 heterocycles. The van der Waals surface area contributed by atoms with Crippen LogP contribution in [0, 0.1) is 0 Å². The van der Waals surface area contributed by atoms with E-state index in [1.807, 2.05) is 29.6 Å². The van der Waals surface area contributed by atoms with Crippen LogP contribution < -0.4 is 10.1 Å². The first-order chi connectivity index (χ1) is 13.8. The van der Waals surface area contributed by atoms with E-state index in [0.717, 1.165) is 16.8 Å². The van der Waals surface area contributed by atoms with E-state index in [1.54, 1.807) is 49.1 Å². The van der Waals surface area contributed by atoms with Gasteiger partial charge in [-0.05, 0) is 54.1 Å². The van der Waals surface area contributed by atoms with Gasteiger partial charge in [-0.1, -0.05) is 11.3 Å². The molecule has 0 bridgehead atoms. The van der Waals surface area contributed by atoms with Crippen molar-refractivity contribution < 1.29 is 9.53 Å².